The molecule has 124 valence electrons. The lowest BCUT2D eigenvalue weighted by Gasteiger charge is -2.10. The molecule has 0 saturated heterocycles. The normalized spacial score (nSPS) is 10.2. The molecule has 0 radical (unpaired) electrons. The molecule has 6 nitrogen and oxygen atoms in total. The van der Waals surface area contributed by atoms with E-state index in [0.29, 0.717) is 22.4 Å². The van der Waals surface area contributed by atoms with Crippen LogP contribution in [0.25, 0.3) is 11.1 Å². The highest BCUT2D eigenvalue weighted by Gasteiger charge is 2.13. The number of hydrogen-bond donors (Lipinski definition) is 1. The fourth-order valence-corrected chi connectivity index (χ4v) is 2.31. The van der Waals surface area contributed by atoms with Crippen molar-refractivity contribution in [2.24, 2.45) is 0 Å². The van der Waals surface area contributed by atoms with E-state index < -0.39 is 10.9 Å². The summed E-state index contributed by atoms with van der Waals surface area (Å²) in [4.78, 5) is 22.5. The maximum Gasteiger partial charge on any atom is 0.343 e. The lowest BCUT2D eigenvalue weighted by molar-refractivity contribution is -0.384. The van der Waals surface area contributed by atoms with Gasteiger partial charge in [0.1, 0.15) is 11.5 Å². The minimum Gasteiger partial charge on any atom is -0.508 e. The maximum absolute atomic E-state index is 12.3. The molecule has 0 spiro atoms. The Balaban J connectivity index is 1.89. The second-order valence-electron chi connectivity index (χ2n) is 5.24. The average molecular weight is 335 g/mol. The predicted molar refractivity (Wildman–Crippen MR) is 91.6 cm³/mol. The van der Waals surface area contributed by atoms with Gasteiger partial charge in [0, 0.05) is 17.7 Å². The molecular weight excluding hydrogens is 322 g/mol. The molecule has 25 heavy (non-hydrogen) atoms. The van der Waals surface area contributed by atoms with Gasteiger partial charge in [-0.15, -0.1) is 0 Å². The van der Waals surface area contributed by atoms with E-state index >= 15 is 0 Å². The zero-order chi connectivity index (χ0) is 17.8. The van der Waals surface area contributed by atoms with Crippen LogP contribution in [-0.4, -0.2) is 16.0 Å². The molecule has 0 aliphatic carbocycles. The highest BCUT2D eigenvalue weighted by molar-refractivity contribution is 5.92. The molecule has 3 rings (SSSR count). The third-order valence-electron chi connectivity index (χ3n) is 3.58. The molecule has 0 aliphatic heterocycles. The lowest BCUT2D eigenvalue weighted by atomic mass is 10.0. The molecule has 0 aliphatic rings. The second kappa shape index (κ2) is 6.84. The quantitative estimate of drug-likeness (QED) is 0.334. The van der Waals surface area contributed by atoms with Crippen LogP contribution in [0.2, 0.25) is 0 Å². The van der Waals surface area contributed by atoms with Gasteiger partial charge in [0.25, 0.3) is 5.69 Å². The van der Waals surface area contributed by atoms with E-state index in [4.69, 9.17) is 4.74 Å². The van der Waals surface area contributed by atoms with Gasteiger partial charge in [0.15, 0.2) is 0 Å². The Morgan fingerprint density at radius 2 is 1.56 bits per heavy atom. The monoisotopic (exact) mass is 335 g/mol. The Bertz CT molecular complexity index is 917. The molecule has 0 saturated carbocycles. The van der Waals surface area contributed by atoms with Crippen molar-refractivity contribution in [3.8, 4) is 22.6 Å². The van der Waals surface area contributed by atoms with Crippen molar-refractivity contribution in [3.05, 3.63) is 88.5 Å². The van der Waals surface area contributed by atoms with Crippen LogP contribution >= 0.6 is 0 Å². The number of carbonyl (C=O) groups is 1. The van der Waals surface area contributed by atoms with Gasteiger partial charge < -0.3 is 9.84 Å². The summed E-state index contributed by atoms with van der Waals surface area (Å²) in [6.07, 6.45) is 0. The minimum absolute atomic E-state index is 0.0117. The molecule has 0 atom stereocenters. The minimum atomic E-state index is -0.561. The molecule has 0 fully saturated rings. The number of benzene rings is 3. The third-order valence-corrected chi connectivity index (χ3v) is 3.58. The zero-order valence-electron chi connectivity index (χ0n) is 13.0. The number of ether oxygens (including phenoxy) is 1. The molecule has 1 N–H and O–H groups in total. The number of rotatable bonds is 4. The Labute approximate surface area is 143 Å². The summed E-state index contributed by atoms with van der Waals surface area (Å²) in [5.41, 5.74) is 1.63. The van der Waals surface area contributed by atoms with Crippen molar-refractivity contribution in [2.75, 3.05) is 0 Å². The van der Waals surface area contributed by atoms with Crippen LogP contribution in [0.1, 0.15) is 10.4 Å². The first-order chi connectivity index (χ1) is 12.0. The van der Waals surface area contributed by atoms with Gasteiger partial charge >= 0.3 is 5.97 Å². The molecule has 0 unspecified atom stereocenters. The summed E-state index contributed by atoms with van der Waals surface area (Å²) in [6.45, 7) is 0. The van der Waals surface area contributed by atoms with Crippen LogP contribution in [0.15, 0.2) is 72.8 Å². The smallest absolute Gasteiger partial charge is 0.343 e. The fraction of sp³-hybridized carbons (Fsp3) is 0. The summed E-state index contributed by atoms with van der Waals surface area (Å²) in [5.74, 6) is -0.161. The molecule has 0 bridgehead atoms. The van der Waals surface area contributed by atoms with Crippen molar-refractivity contribution in [2.45, 2.75) is 0 Å². The van der Waals surface area contributed by atoms with Gasteiger partial charge in [0.05, 0.1) is 10.5 Å². The Morgan fingerprint density at radius 1 is 0.920 bits per heavy atom. The van der Waals surface area contributed by atoms with Gasteiger partial charge in [-0.25, -0.2) is 4.79 Å². The van der Waals surface area contributed by atoms with Gasteiger partial charge in [-0.2, -0.15) is 0 Å². The van der Waals surface area contributed by atoms with Crippen LogP contribution < -0.4 is 4.74 Å². The van der Waals surface area contributed by atoms with Crippen molar-refractivity contribution < 1.29 is 19.6 Å². The zero-order valence-corrected chi connectivity index (χ0v) is 13.0. The largest absolute Gasteiger partial charge is 0.508 e. The number of aromatic hydroxyl groups is 1. The summed E-state index contributed by atoms with van der Waals surface area (Å²) in [5, 5.41) is 20.0. The van der Waals surface area contributed by atoms with Crippen molar-refractivity contribution >= 4 is 11.7 Å². The molecule has 0 aromatic heterocycles. The molecule has 3 aromatic carbocycles. The van der Waals surface area contributed by atoms with Crippen LogP contribution in [0.5, 0.6) is 11.5 Å². The molecular formula is C19H13NO5. The summed E-state index contributed by atoms with van der Waals surface area (Å²) in [6, 6.07) is 18.7. The average Bonchev–Trinajstić information content (AvgIpc) is 2.63. The first kappa shape index (κ1) is 16.2. The number of non-ortho nitro benzene ring substituents is 1. The number of carbonyl (C=O) groups excluding carboxylic acids is 1. The van der Waals surface area contributed by atoms with Crippen molar-refractivity contribution in [1.82, 2.24) is 0 Å². The van der Waals surface area contributed by atoms with Gasteiger partial charge in [0.2, 0.25) is 0 Å². The van der Waals surface area contributed by atoms with Crippen molar-refractivity contribution in [3.63, 3.8) is 0 Å². The first-order valence-corrected chi connectivity index (χ1v) is 7.39. The van der Waals surface area contributed by atoms with Crippen LogP contribution in [0.4, 0.5) is 5.69 Å². The number of esters is 1. The number of nitro benzene ring substituents is 1. The Hall–Kier alpha value is -3.67. The van der Waals surface area contributed by atoms with Crippen LogP contribution in [0, 0.1) is 10.1 Å². The SMILES string of the molecule is O=C(Oc1ccccc1-c1ccc([N+](=O)[O-])cc1)c1ccc(O)cc1. The molecule has 3 aromatic rings. The van der Waals surface area contributed by atoms with Gasteiger partial charge in [-0.3, -0.25) is 10.1 Å². The number of phenolic OH excluding ortho intramolecular Hbond substituents is 1. The highest BCUT2D eigenvalue weighted by Crippen LogP contribution is 2.31. The van der Waals surface area contributed by atoms with E-state index in [1.54, 1.807) is 36.4 Å². The van der Waals surface area contributed by atoms with E-state index in [1.807, 2.05) is 0 Å². The Morgan fingerprint density at radius 3 is 2.20 bits per heavy atom. The predicted octanol–water partition coefficient (Wildman–Crippen LogP) is 4.19. The molecule has 0 amide bonds. The van der Waals surface area contributed by atoms with E-state index in [0.717, 1.165) is 0 Å². The third kappa shape index (κ3) is 3.64. The van der Waals surface area contributed by atoms with E-state index in [9.17, 15) is 20.0 Å². The van der Waals surface area contributed by atoms with E-state index in [2.05, 4.69) is 0 Å². The first-order valence-electron chi connectivity index (χ1n) is 7.39. The number of nitro groups is 1. The fourth-order valence-electron chi connectivity index (χ4n) is 2.31. The van der Waals surface area contributed by atoms with E-state index in [-0.39, 0.29) is 11.4 Å². The van der Waals surface area contributed by atoms with Crippen molar-refractivity contribution in [1.29, 1.82) is 0 Å². The molecule has 0 heterocycles. The standard InChI is InChI=1S/C19H13NO5/c21-16-11-7-14(8-12-16)19(22)25-18-4-2-1-3-17(18)13-5-9-15(10-6-13)20(23)24/h1-12,21H. The summed E-state index contributed by atoms with van der Waals surface area (Å²) in [7, 11) is 0. The summed E-state index contributed by atoms with van der Waals surface area (Å²) < 4.78 is 5.45. The second-order valence-corrected chi connectivity index (χ2v) is 5.24. The number of para-hydroxylation sites is 1. The molecule has 6 heteroatoms. The summed E-state index contributed by atoms with van der Waals surface area (Å²) >= 11 is 0. The maximum atomic E-state index is 12.3. The topological polar surface area (TPSA) is 89.7 Å². The van der Waals surface area contributed by atoms with E-state index in [1.165, 1.54) is 36.4 Å². The van der Waals surface area contributed by atoms with Crippen LogP contribution in [0.3, 0.4) is 0 Å². The van der Waals surface area contributed by atoms with Gasteiger partial charge in [-0.05, 0) is 48.0 Å². The van der Waals surface area contributed by atoms with Gasteiger partial charge in [-0.1, -0.05) is 18.2 Å². The Kier molecular flexibility index (Phi) is 4.43. The van der Waals surface area contributed by atoms with Crippen LogP contribution in [-0.2, 0) is 0 Å². The number of phenols is 1. The highest BCUT2D eigenvalue weighted by atomic mass is 16.6. The number of nitrogens with zero attached hydrogens (tertiary/aromatic N) is 1. The number of hydrogen-bond acceptors (Lipinski definition) is 5. The lowest BCUT2D eigenvalue weighted by Crippen LogP contribution is -2.08.